The standard InChI is InChI=1S/C20H20ClF2NO3/c1-27-18-5-2-13(21)10-16(18)19(15-4-3-14(22)11-17(15)23)24-8-6-12(7-9-24)20(25)26/h2-5,10-12,19H,6-9H2,1H3,(H,25,26). The van der Waals surface area contributed by atoms with Crippen LogP contribution < -0.4 is 4.74 Å². The van der Waals surface area contributed by atoms with E-state index in [0.29, 0.717) is 47.8 Å². The summed E-state index contributed by atoms with van der Waals surface area (Å²) >= 11 is 6.17. The minimum Gasteiger partial charge on any atom is -0.496 e. The van der Waals surface area contributed by atoms with E-state index >= 15 is 0 Å². The number of halogens is 3. The van der Waals surface area contributed by atoms with Gasteiger partial charge in [-0.15, -0.1) is 0 Å². The van der Waals surface area contributed by atoms with Crippen LogP contribution in [0.1, 0.15) is 30.0 Å². The number of carboxylic acids is 1. The molecule has 1 fully saturated rings. The molecule has 2 aromatic carbocycles. The number of hydrogen-bond donors (Lipinski definition) is 1. The minimum atomic E-state index is -0.820. The van der Waals surface area contributed by atoms with Gasteiger partial charge in [0, 0.05) is 22.2 Å². The van der Waals surface area contributed by atoms with Gasteiger partial charge in [-0.05, 0) is 50.2 Å². The third kappa shape index (κ3) is 4.22. The summed E-state index contributed by atoms with van der Waals surface area (Å²) in [7, 11) is 1.52. The third-order valence-electron chi connectivity index (χ3n) is 4.99. The second-order valence-electron chi connectivity index (χ2n) is 6.60. The summed E-state index contributed by atoms with van der Waals surface area (Å²) in [6.45, 7) is 0.933. The number of hydrogen-bond acceptors (Lipinski definition) is 3. The van der Waals surface area contributed by atoms with E-state index in [4.69, 9.17) is 16.3 Å². The van der Waals surface area contributed by atoms with Gasteiger partial charge in [0.25, 0.3) is 0 Å². The number of ether oxygens (including phenoxy) is 1. The molecule has 1 N–H and O–H groups in total. The topological polar surface area (TPSA) is 49.8 Å². The lowest BCUT2D eigenvalue weighted by atomic mass is 9.90. The van der Waals surface area contributed by atoms with E-state index in [1.807, 2.05) is 4.90 Å². The molecule has 0 radical (unpaired) electrons. The summed E-state index contributed by atoms with van der Waals surface area (Å²) in [5.74, 6) is -2.02. The molecule has 1 aliphatic heterocycles. The van der Waals surface area contributed by atoms with E-state index < -0.39 is 29.6 Å². The van der Waals surface area contributed by atoms with Crippen molar-refractivity contribution in [3.63, 3.8) is 0 Å². The summed E-state index contributed by atoms with van der Waals surface area (Å²) in [5, 5.41) is 9.70. The maximum Gasteiger partial charge on any atom is 0.306 e. The fourth-order valence-electron chi connectivity index (χ4n) is 3.61. The Morgan fingerprint density at radius 1 is 1.19 bits per heavy atom. The fourth-order valence-corrected chi connectivity index (χ4v) is 3.79. The van der Waals surface area contributed by atoms with Crippen LogP contribution in [-0.2, 0) is 4.79 Å². The molecule has 3 rings (SSSR count). The lowest BCUT2D eigenvalue weighted by Gasteiger charge is -2.37. The van der Waals surface area contributed by atoms with Gasteiger partial charge in [0.05, 0.1) is 19.1 Å². The van der Waals surface area contributed by atoms with Crippen LogP contribution in [0.2, 0.25) is 5.02 Å². The van der Waals surface area contributed by atoms with Crippen LogP contribution in [0, 0.1) is 17.6 Å². The minimum absolute atomic E-state index is 0.297. The van der Waals surface area contributed by atoms with Gasteiger partial charge in [-0.1, -0.05) is 17.7 Å². The highest BCUT2D eigenvalue weighted by Gasteiger charge is 2.33. The normalized spacial score (nSPS) is 16.9. The molecule has 144 valence electrons. The maximum absolute atomic E-state index is 14.6. The second-order valence-corrected chi connectivity index (χ2v) is 7.04. The van der Waals surface area contributed by atoms with E-state index in [1.54, 1.807) is 18.2 Å². The lowest BCUT2D eigenvalue weighted by Crippen LogP contribution is -2.39. The first-order valence-electron chi connectivity index (χ1n) is 8.66. The van der Waals surface area contributed by atoms with Crippen molar-refractivity contribution in [2.24, 2.45) is 5.92 Å². The number of carboxylic acid groups (broad SMARTS) is 1. The summed E-state index contributed by atoms with van der Waals surface area (Å²) in [4.78, 5) is 13.2. The first kappa shape index (κ1) is 19.6. The van der Waals surface area contributed by atoms with Crippen molar-refractivity contribution in [3.8, 4) is 5.75 Å². The quantitative estimate of drug-likeness (QED) is 0.809. The molecule has 1 saturated heterocycles. The first-order valence-corrected chi connectivity index (χ1v) is 9.03. The zero-order chi connectivity index (χ0) is 19.6. The van der Waals surface area contributed by atoms with Crippen molar-refractivity contribution in [2.45, 2.75) is 18.9 Å². The molecule has 1 unspecified atom stereocenters. The molecule has 1 aliphatic rings. The lowest BCUT2D eigenvalue weighted by molar-refractivity contribution is -0.143. The molecule has 2 aromatic rings. The largest absolute Gasteiger partial charge is 0.496 e. The van der Waals surface area contributed by atoms with E-state index in [9.17, 15) is 18.7 Å². The highest BCUT2D eigenvalue weighted by Crippen LogP contribution is 2.39. The molecule has 0 spiro atoms. The van der Waals surface area contributed by atoms with Crippen molar-refractivity contribution in [3.05, 3.63) is 64.2 Å². The van der Waals surface area contributed by atoms with Crippen LogP contribution in [0.25, 0.3) is 0 Å². The van der Waals surface area contributed by atoms with Gasteiger partial charge in [-0.2, -0.15) is 0 Å². The Hall–Kier alpha value is -2.18. The van der Waals surface area contributed by atoms with Crippen molar-refractivity contribution < 1.29 is 23.4 Å². The second kappa shape index (κ2) is 8.23. The molecule has 0 aromatic heterocycles. The van der Waals surface area contributed by atoms with Crippen molar-refractivity contribution in [1.29, 1.82) is 0 Å². The van der Waals surface area contributed by atoms with E-state index in [-0.39, 0.29) is 0 Å². The van der Waals surface area contributed by atoms with Crippen molar-refractivity contribution >= 4 is 17.6 Å². The van der Waals surface area contributed by atoms with Crippen molar-refractivity contribution in [2.75, 3.05) is 20.2 Å². The van der Waals surface area contributed by atoms with Gasteiger partial charge in [-0.3, -0.25) is 9.69 Å². The molecular weight excluding hydrogens is 376 g/mol. The maximum atomic E-state index is 14.6. The SMILES string of the molecule is COc1ccc(Cl)cc1C(c1ccc(F)cc1F)N1CCC(C(=O)O)CC1. The number of likely N-dealkylation sites (tertiary alicyclic amines) is 1. The monoisotopic (exact) mass is 395 g/mol. The van der Waals surface area contributed by atoms with Gasteiger partial charge in [0.2, 0.25) is 0 Å². The third-order valence-corrected chi connectivity index (χ3v) is 5.22. The molecule has 1 atom stereocenters. The highest BCUT2D eigenvalue weighted by atomic mass is 35.5. The predicted molar refractivity (Wildman–Crippen MR) is 98.1 cm³/mol. The molecule has 0 saturated carbocycles. The summed E-state index contributed by atoms with van der Waals surface area (Å²) in [6, 6.07) is 8.01. The molecule has 0 aliphatic carbocycles. The van der Waals surface area contributed by atoms with Crippen LogP contribution in [0.4, 0.5) is 8.78 Å². The van der Waals surface area contributed by atoms with Gasteiger partial charge >= 0.3 is 5.97 Å². The van der Waals surface area contributed by atoms with Crippen LogP contribution >= 0.6 is 11.6 Å². The average molecular weight is 396 g/mol. The van der Waals surface area contributed by atoms with Gasteiger partial charge in [0.15, 0.2) is 0 Å². The Morgan fingerprint density at radius 2 is 1.89 bits per heavy atom. The average Bonchev–Trinajstić information content (AvgIpc) is 2.64. The summed E-state index contributed by atoms with van der Waals surface area (Å²) < 4.78 is 33.5. The Kier molecular flexibility index (Phi) is 5.97. The Balaban J connectivity index is 2.05. The zero-order valence-electron chi connectivity index (χ0n) is 14.8. The molecule has 0 amide bonds. The molecule has 7 heteroatoms. The van der Waals surface area contributed by atoms with Crippen LogP contribution in [0.5, 0.6) is 5.75 Å². The number of benzene rings is 2. The van der Waals surface area contributed by atoms with E-state index in [2.05, 4.69) is 0 Å². The number of aliphatic carboxylic acids is 1. The van der Waals surface area contributed by atoms with E-state index in [0.717, 1.165) is 6.07 Å². The molecule has 0 bridgehead atoms. The van der Waals surface area contributed by atoms with Crippen LogP contribution in [0.15, 0.2) is 36.4 Å². The number of piperidine rings is 1. The van der Waals surface area contributed by atoms with Crippen LogP contribution in [-0.4, -0.2) is 36.2 Å². The fraction of sp³-hybridized carbons (Fsp3) is 0.350. The smallest absolute Gasteiger partial charge is 0.306 e. The Labute approximate surface area is 161 Å². The van der Waals surface area contributed by atoms with Gasteiger partial charge < -0.3 is 9.84 Å². The Bertz CT molecular complexity index is 838. The van der Waals surface area contributed by atoms with Gasteiger partial charge in [-0.25, -0.2) is 8.78 Å². The number of rotatable bonds is 5. The van der Waals surface area contributed by atoms with Gasteiger partial charge in [0.1, 0.15) is 17.4 Å². The van der Waals surface area contributed by atoms with Crippen molar-refractivity contribution in [1.82, 2.24) is 4.90 Å². The summed E-state index contributed by atoms with van der Waals surface area (Å²) in [6.07, 6.45) is 0.912. The highest BCUT2D eigenvalue weighted by molar-refractivity contribution is 6.30. The number of nitrogens with zero attached hydrogens (tertiary/aromatic N) is 1. The van der Waals surface area contributed by atoms with Crippen LogP contribution in [0.3, 0.4) is 0 Å². The van der Waals surface area contributed by atoms with E-state index in [1.165, 1.54) is 19.2 Å². The molecular formula is C20H20ClF2NO3. The Morgan fingerprint density at radius 3 is 2.48 bits per heavy atom. The number of carbonyl (C=O) groups is 1. The predicted octanol–water partition coefficient (Wildman–Crippen LogP) is 4.51. The molecule has 4 nitrogen and oxygen atoms in total. The molecule has 27 heavy (non-hydrogen) atoms. The zero-order valence-corrected chi connectivity index (χ0v) is 15.5. The number of methoxy groups -OCH3 is 1. The summed E-state index contributed by atoms with van der Waals surface area (Å²) in [5.41, 5.74) is 0.954. The first-order chi connectivity index (χ1) is 12.9. The molecule has 1 heterocycles.